The van der Waals surface area contributed by atoms with Crippen molar-refractivity contribution in [2.75, 3.05) is 32.8 Å². The lowest BCUT2D eigenvalue weighted by atomic mass is 10.00. The Hall–Kier alpha value is -2.93. The number of fused-ring (bicyclic) bond motifs is 1. The zero-order chi connectivity index (χ0) is 24.6. The second kappa shape index (κ2) is 12.2. The highest BCUT2D eigenvalue weighted by Crippen LogP contribution is 2.34. The average Bonchev–Trinajstić information content (AvgIpc) is 3.33. The molecule has 2 aromatic carbocycles. The Labute approximate surface area is 212 Å². The van der Waals surface area contributed by atoms with E-state index in [1.165, 1.54) is 16.0 Å². The van der Waals surface area contributed by atoms with Crippen molar-refractivity contribution >= 4 is 17.2 Å². The smallest absolute Gasteiger partial charge is 0.237 e. The molecule has 4 rings (SSSR count). The van der Waals surface area contributed by atoms with Crippen molar-refractivity contribution in [3.05, 3.63) is 100 Å². The molecule has 1 N–H and O–H groups in total. The maximum absolute atomic E-state index is 13.5. The number of benzene rings is 2. The molecule has 2 atom stereocenters. The van der Waals surface area contributed by atoms with Crippen LogP contribution in [0.3, 0.4) is 0 Å². The zero-order valence-corrected chi connectivity index (χ0v) is 21.1. The summed E-state index contributed by atoms with van der Waals surface area (Å²) in [4.78, 5) is 18.8. The van der Waals surface area contributed by atoms with Crippen molar-refractivity contribution in [1.29, 1.82) is 0 Å². The lowest BCUT2D eigenvalue weighted by molar-refractivity contribution is -0.136. The molecule has 0 aliphatic carbocycles. The Balaban J connectivity index is 1.42. The second-order valence-corrected chi connectivity index (χ2v) is 10.1. The third kappa shape index (κ3) is 6.82. The van der Waals surface area contributed by atoms with Gasteiger partial charge in [-0.3, -0.25) is 9.69 Å². The van der Waals surface area contributed by atoms with E-state index in [2.05, 4.69) is 24.9 Å². The van der Waals surface area contributed by atoms with Gasteiger partial charge < -0.3 is 14.7 Å². The predicted molar refractivity (Wildman–Crippen MR) is 142 cm³/mol. The Kier molecular flexibility index (Phi) is 8.74. The zero-order valence-electron chi connectivity index (χ0n) is 20.3. The predicted octanol–water partition coefficient (Wildman–Crippen LogP) is 4.65. The number of hydrogen-bond donors (Lipinski definition) is 1. The highest BCUT2D eigenvalue weighted by atomic mass is 32.1. The summed E-state index contributed by atoms with van der Waals surface area (Å²) in [6, 6.07) is 19.9. The van der Waals surface area contributed by atoms with Crippen molar-refractivity contribution < 1.29 is 14.6 Å². The van der Waals surface area contributed by atoms with Gasteiger partial charge in [-0.1, -0.05) is 54.1 Å². The Morgan fingerprint density at radius 3 is 2.74 bits per heavy atom. The second-order valence-electron chi connectivity index (χ2n) is 9.10. The van der Waals surface area contributed by atoms with E-state index in [4.69, 9.17) is 4.74 Å². The number of aliphatic hydroxyl groups excluding tert-OH is 1. The van der Waals surface area contributed by atoms with Gasteiger partial charge in [0.25, 0.3) is 0 Å². The molecule has 0 fully saturated rings. The largest absolute Gasteiger partial charge is 0.491 e. The molecule has 0 saturated heterocycles. The van der Waals surface area contributed by atoms with E-state index in [1.807, 2.05) is 64.4 Å². The maximum Gasteiger partial charge on any atom is 0.237 e. The molecular formula is C29H34N2O3S. The van der Waals surface area contributed by atoms with Gasteiger partial charge in [0.1, 0.15) is 12.4 Å². The first kappa shape index (κ1) is 25.2. The fourth-order valence-corrected chi connectivity index (χ4v) is 5.53. The van der Waals surface area contributed by atoms with E-state index < -0.39 is 6.10 Å². The number of amides is 1. The van der Waals surface area contributed by atoms with Crippen LogP contribution in [0.4, 0.5) is 0 Å². The lowest BCUT2D eigenvalue weighted by Gasteiger charge is -2.37. The molecule has 3 aromatic rings. The van der Waals surface area contributed by atoms with Crippen molar-refractivity contribution in [3.63, 3.8) is 0 Å². The van der Waals surface area contributed by atoms with E-state index in [0.29, 0.717) is 32.7 Å². The van der Waals surface area contributed by atoms with Crippen LogP contribution in [0.25, 0.3) is 0 Å². The summed E-state index contributed by atoms with van der Waals surface area (Å²) < 4.78 is 6.13. The van der Waals surface area contributed by atoms with Crippen LogP contribution >= 0.6 is 11.3 Å². The third-order valence-corrected chi connectivity index (χ3v) is 7.37. The number of nitrogens with zero attached hydrogens (tertiary/aromatic N) is 2. The quantitative estimate of drug-likeness (QED) is 0.398. The highest BCUT2D eigenvalue weighted by molar-refractivity contribution is 7.10. The number of ether oxygens (including phenoxy) is 1. The normalized spacial score (nSPS) is 16.1. The number of hydrogen-bond acceptors (Lipinski definition) is 5. The van der Waals surface area contributed by atoms with E-state index in [9.17, 15) is 9.90 Å². The molecule has 1 aliphatic rings. The summed E-state index contributed by atoms with van der Waals surface area (Å²) in [5.41, 5.74) is 3.45. The van der Waals surface area contributed by atoms with Crippen LogP contribution in [-0.2, 0) is 17.6 Å². The summed E-state index contributed by atoms with van der Waals surface area (Å²) in [5, 5.41) is 12.8. The Morgan fingerprint density at radius 1 is 1.23 bits per heavy atom. The molecule has 5 nitrogen and oxygen atoms in total. The number of aliphatic hydroxyl groups is 1. The topological polar surface area (TPSA) is 53.0 Å². The minimum atomic E-state index is -0.560. The van der Waals surface area contributed by atoms with Gasteiger partial charge in [-0.05, 0) is 54.5 Å². The van der Waals surface area contributed by atoms with Crippen LogP contribution in [0.15, 0.2) is 78.7 Å². The molecule has 0 bridgehead atoms. The van der Waals surface area contributed by atoms with Gasteiger partial charge in [0, 0.05) is 24.5 Å². The van der Waals surface area contributed by atoms with E-state index in [1.54, 1.807) is 17.4 Å². The maximum atomic E-state index is 13.5. The standard InChI is InChI=1S/C29H34N2O3S/c1-3-15-30(19-24(32)18-23-7-5-4-6-8-23)20-29(33)31-16-13-28-26(14-17-35-28)27(31)21-34-25-11-9-22(2)10-12-25/h3-12,14,17,24,27,32H,1,13,15-16,18-21H2,2H3/t24-,27-/m0/s1. The first-order valence-corrected chi connectivity index (χ1v) is 13.0. The van der Waals surface area contributed by atoms with Gasteiger partial charge in [0.05, 0.1) is 18.7 Å². The average molecular weight is 491 g/mol. The van der Waals surface area contributed by atoms with Crippen molar-refractivity contribution in [2.24, 2.45) is 0 Å². The van der Waals surface area contributed by atoms with Gasteiger partial charge in [-0.15, -0.1) is 17.9 Å². The van der Waals surface area contributed by atoms with Crippen molar-refractivity contribution in [1.82, 2.24) is 9.80 Å². The van der Waals surface area contributed by atoms with Gasteiger partial charge in [0.15, 0.2) is 0 Å². The monoisotopic (exact) mass is 490 g/mol. The van der Waals surface area contributed by atoms with E-state index >= 15 is 0 Å². The Bertz CT molecular complexity index is 1100. The summed E-state index contributed by atoms with van der Waals surface area (Å²) in [5.74, 6) is 0.857. The van der Waals surface area contributed by atoms with Crippen LogP contribution in [0.5, 0.6) is 5.75 Å². The molecule has 0 radical (unpaired) electrons. The summed E-state index contributed by atoms with van der Waals surface area (Å²) in [7, 11) is 0. The number of aryl methyl sites for hydroxylation is 1. The summed E-state index contributed by atoms with van der Waals surface area (Å²) in [6.45, 7) is 8.17. The first-order valence-electron chi connectivity index (χ1n) is 12.1. The van der Waals surface area contributed by atoms with Crippen molar-refractivity contribution in [3.8, 4) is 5.75 Å². The first-order chi connectivity index (χ1) is 17.0. The molecule has 1 amide bonds. The molecule has 0 saturated carbocycles. The molecule has 35 heavy (non-hydrogen) atoms. The van der Waals surface area contributed by atoms with Crippen molar-refractivity contribution in [2.45, 2.75) is 31.9 Å². The molecule has 2 heterocycles. The van der Waals surface area contributed by atoms with Crippen LogP contribution < -0.4 is 4.74 Å². The number of carbonyl (C=O) groups excluding carboxylic acids is 1. The molecule has 1 aromatic heterocycles. The molecule has 6 heteroatoms. The van der Waals surface area contributed by atoms with E-state index in [-0.39, 0.29) is 18.5 Å². The minimum absolute atomic E-state index is 0.0492. The van der Waals surface area contributed by atoms with Crippen LogP contribution in [0.1, 0.15) is 27.6 Å². The lowest BCUT2D eigenvalue weighted by Crippen LogP contribution is -2.48. The molecule has 1 aliphatic heterocycles. The van der Waals surface area contributed by atoms with E-state index in [0.717, 1.165) is 17.7 Å². The molecule has 0 spiro atoms. The van der Waals surface area contributed by atoms with Gasteiger partial charge >= 0.3 is 0 Å². The van der Waals surface area contributed by atoms with Crippen LogP contribution in [0, 0.1) is 6.92 Å². The van der Waals surface area contributed by atoms with Gasteiger partial charge in [-0.25, -0.2) is 0 Å². The summed E-state index contributed by atoms with van der Waals surface area (Å²) in [6.07, 6.45) is 2.64. The highest BCUT2D eigenvalue weighted by Gasteiger charge is 2.33. The van der Waals surface area contributed by atoms with Crippen LogP contribution in [0.2, 0.25) is 0 Å². The molecular weight excluding hydrogens is 456 g/mol. The SMILES string of the molecule is C=CCN(CC(=O)N1CCc2sccc2[C@@H]1COc1ccc(C)cc1)C[C@@H](O)Cc1ccccc1. The Morgan fingerprint density at radius 2 is 2.00 bits per heavy atom. The fraction of sp³-hybridized carbons (Fsp3) is 0.345. The number of carbonyl (C=O) groups is 1. The molecule has 0 unspecified atom stereocenters. The summed E-state index contributed by atoms with van der Waals surface area (Å²) >= 11 is 1.75. The third-order valence-electron chi connectivity index (χ3n) is 6.37. The minimum Gasteiger partial charge on any atom is -0.491 e. The van der Waals surface area contributed by atoms with Gasteiger partial charge in [0.2, 0.25) is 5.91 Å². The number of rotatable bonds is 11. The van der Waals surface area contributed by atoms with Gasteiger partial charge in [-0.2, -0.15) is 0 Å². The molecule has 184 valence electrons. The number of thiophene rings is 1. The van der Waals surface area contributed by atoms with Crippen LogP contribution in [-0.4, -0.2) is 59.7 Å². The fourth-order valence-electron chi connectivity index (χ4n) is 4.60.